The fourth-order valence-corrected chi connectivity index (χ4v) is 2.07. The van der Waals surface area contributed by atoms with Crippen molar-refractivity contribution in [3.8, 4) is 5.75 Å². The SMILES string of the molecule is Cc1ccc(NC(=O)C2CNCCO2)c(OCC(=O)N(C)C)c1. The number of rotatable bonds is 5. The molecule has 1 unspecified atom stereocenters. The number of nitrogens with zero attached hydrogens (tertiary/aromatic N) is 1. The minimum Gasteiger partial charge on any atom is -0.482 e. The van der Waals surface area contributed by atoms with Gasteiger partial charge in [0.25, 0.3) is 11.8 Å². The largest absolute Gasteiger partial charge is 0.482 e. The highest BCUT2D eigenvalue weighted by Gasteiger charge is 2.22. The first-order valence-corrected chi connectivity index (χ1v) is 7.54. The van der Waals surface area contributed by atoms with E-state index in [1.54, 1.807) is 26.2 Å². The zero-order chi connectivity index (χ0) is 16.8. The number of ether oxygens (including phenoxy) is 2. The van der Waals surface area contributed by atoms with E-state index in [4.69, 9.17) is 9.47 Å². The molecule has 0 aliphatic carbocycles. The molecular formula is C16H23N3O4. The van der Waals surface area contributed by atoms with Gasteiger partial charge >= 0.3 is 0 Å². The summed E-state index contributed by atoms with van der Waals surface area (Å²) >= 11 is 0. The highest BCUT2D eigenvalue weighted by Crippen LogP contribution is 2.26. The normalized spacial score (nSPS) is 17.4. The van der Waals surface area contributed by atoms with E-state index < -0.39 is 6.10 Å². The Labute approximate surface area is 135 Å². The average Bonchev–Trinajstić information content (AvgIpc) is 2.55. The maximum Gasteiger partial charge on any atom is 0.259 e. The van der Waals surface area contributed by atoms with Gasteiger partial charge in [-0.25, -0.2) is 0 Å². The third-order valence-corrected chi connectivity index (χ3v) is 3.46. The molecule has 1 aliphatic rings. The van der Waals surface area contributed by atoms with Crippen LogP contribution in [0, 0.1) is 6.92 Å². The van der Waals surface area contributed by atoms with Crippen molar-refractivity contribution in [2.24, 2.45) is 0 Å². The molecule has 0 saturated carbocycles. The smallest absolute Gasteiger partial charge is 0.259 e. The summed E-state index contributed by atoms with van der Waals surface area (Å²) in [5, 5.41) is 5.92. The van der Waals surface area contributed by atoms with Crippen LogP contribution in [0.2, 0.25) is 0 Å². The summed E-state index contributed by atoms with van der Waals surface area (Å²) in [6.45, 7) is 3.57. The summed E-state index contributed by atoms with van der Waals surface area (Å²) in [5.74, 6) is 0.0887. The molecule has 1 saturated heterocycles. The second-order valence-corrected chi connectivity index (χ2v) is 5.63. The lowest BCUT2D eigenvalue weighted by atomic mass is 10.2. The lowest BCUT2D eigenvalue weighted by Crippen LogP contribution is -2.45. The van der Waals surface area contributed by atoms with Crippen LogP contribution in [0.1, 0.15) is 5.56 Å². The van der Waals surface area contributed by atoms with Gasteiger partial charge in [0, 0.05) is 27.2 Å². The number of hydrogen-bond donors (Lipinski definition) is 2. The Kier molecular flexibility index (Phi) is 5.95. The molecule has 1 aromatic rings. The predicted octanol–water partition coefficient (Wildman–Crippen LogP) is 0.389. The van der Waals surface area contributed by atoms with Crippen molar-refractivity contribution in [3.63, 3.8) is 0 Å². The van der Waals surface area contributed by atoms with Crippen molar-refractivity contribution in [2.45, 2.75) is 13.0 Å². The fraction of sp³-hybridized carbons (Fsp3) is 0.500. The van der Waals surface area contributed by atoms with Crippen molar-refractivity contribution in [2.75, 3.05) is 45.7 Å². The number of nitrogens with one attached hydrogen (secondary N) is 2. The topological polar surface area (TPSA) is 79.9 Å². The number of aryl methyl sites for hydroxylation is 1. The number of anilines is 1. The lowest BCUT2D eigenvalue weighted by Gasteiger charge is -2.23. The number of amides is 2. The van der Waals surface area contributed by atoms with Crippen molar-refractivity contribution in [1.82, 2.24) is 10.2 Å². The van der Waals surface area contributed by atoms with Crippen molar-refractivity contribution in [1.29, 1.82) is 0 Å². The molecule has 0 radical (unpaired) electrons. The third-order valence-electron chi connectivity index (χ3n) is 3.46. The van der Waals surface area contributed by atoms with Crippen LogP contribution >= 0.6 is 0 Å². The van der Waals surface area contributed by atoms with Gasteiger partial charge in [0.05, 0.1) is 12.3 Å². The van der Waals surface area contributed by atoms with Gasteiger partial charge in [-0.2, -0.15) is 0 Å². The van der Waals surface area contributed by atoms with Gasteiger partial charge in [-0.1, -0.05) is 6.07 Å². The van der Waals surface area contributed by atoms with Gasteiger partial charge in [0.2, 0.25) is 0 Å². The van der Waals surface area contributed by atoms with Crippen LogP contribution in [0.15, 0.2) is 18.2 Å². The third kappa shape index (κ3) is 4.94. The molecule has 0 spiro atoms. The van der Waals surface area contributed by atoms with Gasteiger partial charge in [0.15, 0.2) is 6.61 Å². The molecule has 7 heteroatoms. The van der Waals surface area contributed by atoms with Crippen LogP contribution in [0.5, 0.6) is 5.75 Å². The molecule has 126 valence electrons. The fourth-order valence-electron chi connectivity index (χ4n) is 2.07. The minimum absolute atomic E-state index is 0.0825. The summed E-state index contributed by atoms with van der Waals surface area (Å²) in [5.41, 5.74) is 1.51. The van der Waals surface area contributed by atoms with E-state index in [1.807, 2.05) is 13.0 Å². The highest BCUT2D eigenvalue weighted by atomic mass is 16.5. The maximum absolute atomic E-state index is 12.2. The second-order valence-electron chi connectivity index (χ2n) is 5.63. The van der Waals surface area contributed by atoms with Crippen LogP contribution in [-0.4, -0.2) is 63.2 Å². The number of hydrogen-bond acceptors (Lipinski definition) is 5. The van der Waals surface area contributed by atoms with Crippen LogP contribution in [0.25, 0.3) is 0 Å². The molecular weight excluding hydrogens is 298 g/mol. The Hall–Kier alpha value is -2.12. The number of carbonyl (C=O) groups excluding carboxylic acids is 2. The lowest BCUT2D eigenvalue weighted by molar-refractivity contribution is -0.130. The molecule has 7 nitrogen and oxygen atoms in total. The van der Waals surface area contributed by atoms with Crippen LogP contribution in [0.4, 0.5) is 5.69 Å². The molecule has 1 atom stereocenters. The van der Waals surface area contributed by atoms with E-state index >= 15 is 0 Å². The van der Waals surface area contributed by atoms with Crippen molar-refractivity contribution in [3.05, 3.63) is 23.8 Å². The van der Waals surface area contributed by atoms with E-state index in [9.17, 15) is 9.59 Å². The van der Waals surface area contributed by atoms with Gasteiger partial charge in [-0.15, -0.1) is 0 Å². The molecule has 1 aromatic carbocycles. The van der Waals surface area contributed by atoms with Gasteiger partial charge < -0.3 is 25.0 Å². The molecule has 1 fully saturated rings. The molecule has 2 N–H and O–H groups in total. The Morgan fingerprint density at radius 1 is 1.43 bits per heavy atom. The van der Waals surface area contributed by atoms with E-state index in [1.165, 1.54) is 4.90 Å². The van der Waals surface area contributed by atoms with Gasteiger partial charge in [-0.3, -0.25) is 9.59 Å². The monoisotopic (exact) mass is 321 g/mol. The van der Waals surface area contributed by atoms with Gasteiger partial charge in [-0.05, 0) is 24.6 Å². The summed E-state index contributed by atoms with van der Waals surface area (Å²) in [6, 6.07) is 5.42. The van der Waals surface area contributed by atoms with Crippen LogP contribution in [0.3, 0.4) is 0 Å². The predicted molar refractivity (Wildman–Crippen MR) is 86.6 cm³/mol. The summed E-state index contributed by atoms with van der Waals surface area (Å²) in [6.07, 6.45) is -0.527. The van der Waals surface area contributed by atoms with E-state index in [-0.39, 0.29) is 18.4 Å². The summed E-state index contributed by atoms with van der Waals surface area (Å²) < 4.78 is 11.0. The maximum atomic E-state index is 12.2. The Balaban J connectivity index is 2.05. The van der Waals surface area contributed by atoms with Crippen LogP contribution in [-0.2, 0) is 14.3 Å². The summed E-state index contributed by atoms with van der Waals surface area (Å²) in [4.78, 5) is 25.4. The molecule has 23 heavy (non-hydrogen) atoms. The van der Waals surface area contributed by atoms with E-state index in [0.717, 1.165) is 12.1 Å². The van der Waals surface area contributed by atoms with Crippen molar-refractivity contribution < 1.29 is 19.1 Å². The highest BCUT2D eigenvalue weighted by molar-refractivity contribution is 5.95. The second kappa shape index (κ2) is 7.94. The number of benzene rings is 1. The minimum atomic E-state index is -0.527. The molecule has 0 aromatic heterocycles. The molecule has 2 rings (SSSR count). The first-order valence-electron chi connectivity index (χ1n) is 7.54. The Morgan fingerprint density at radius 3 is 2.87 bits per heavy atom. The Bertz CT molecular complexity index is 568. The van der Waals surface area contributed by atoms with E-state index in [2.05, 4.69) is 10.6 Å². The molecule has 0 bridgehead atoms. The summed E-state index contributed by atoms with van der Waals surface area (Å²) in [7, 11) is 3.33. The molecule has 2 amide bonds. The molecule has 1 heterocycles. The van der Waals surface area contributed by atoms with Crippen molar-refractivity contribution >= 4 is 17.5 Å². The zero-order valence-electron chi connectivity index (χ0n) is 13.7. The first kappa shape index (κ1) is 17.2. The number of carbonyl (C=O) groups is 2. The quantitative estimate of drug-likeness (QED) is 0.820. The number of morpholine rings is 1. The first-order chi connectivity index (χ1) is 11.0. The standard InChI is InChI=1S/C16H23N3O4/c1-11-4-5-12(13(8-11)23-10-15(20)19(2)3)18-16(21)14-9-17-6-7-22-14/h4-5,8,14,17H,6-7,9-10H2,1-3H3,(H,18,21). The average molecular weight is 321 g/mol. The number of likely N-dealkylation sites (N-methyl/N-ethyl adjacent to an activating group) is 1. The van der Waals surface area contributed by atoms with Gasteiger partial charge in [0.1, 0.15) is 11.9 Å². The Morgan fingerprint density at radius 2 is 2.22 bits per heavy atom. The van der Waals surface area contributed by atoms with Crippen LogP contribution < -0.4 is 15.4 Å². The van der Waals surface area contributed by atoms with E-state index in [0.29, 0.717) is 24.6 Å². The molecule has 1 aliphatic heterocycles. The zero-order valence-corrected chi connectivity index (χ0v) is 13.7.